The number of hydrogen-bond donors (Lipinski definition) is 2. The molecule has 6 nitrogen and oxygen atoms in total. The lowest BCUT2D eigenvalue weighted by atomic mass is 10.1. The first-order valence-electron chi connectivity index (χ1n) is 5.57. The summed E-state index contributed by atoms with van der Waals surface area (Å²) in [5.74, 6) is 3.64. The van der Waals surface area contributed by atoms with E-state index in [2.05, 4.69) is 20.9 Å². The molecule has 4 aliphatic heterocycles. The second kappa shape index (κ2) is 4.04. The molecule has 0 bridgehead atoms. The van der Waals surface area contributed by atoms with E-state index in [0.717, 1.165) is 29.8 Å². The van der Waals surface area contributed by atoms with E-state index in [1.54, 1.807) is 0 Å². The molecule has 4 atom stereocenters. The van der Waals surface area contributed by atoms with Gasteiger partial charge in [-0.3, -0.25) is 30.6 Å². The monoisotopic (exact) mass is 272 g/mol. The largest absolute Gasteiger partial charge is 0.270 e. The van der Waals surface area contributed by atoms with Crippen molar-refractivity contribution in [1.82, 2.24) is 11.0 Å². The first-order chi connectivity index (χ1) is 8.42. The van der Waals surface area contributed by atoms with Crippen LogP contribution in [0, 0.1) is 0 Å². The third-order valence-corrected chi connectivity index (χ3v) is 5.61. The van der Waals surface area contributed by atoms with Crippen molar-refractivity contribution in [3.8, 4) is 0 Å². The molecule has 2 saturated heterocycles. The van der Waals surface area contributed by atoms with Gasteiger partial charge >= 0.3 is 0 Å². The van der Waals surface area contributed by atoms with Crippen molar-refractivity contribution in [2.75, 3.05) is 11.8 Å². The maximum absolute atomic E-state index is 5.57. The second-order valence-corrected chi connectivity index (χ2v) is 6.47. The van der Waals surface area contributed by atoms with E-state index in [0.29, 0.717) is 10.5 Å². The van der Waals surface area contributed by atoms with E-state index in [1.807, 2.05) is 23.5 Å². The molecule has 2 N–H and O–H groups in total. The van der Waals surface area contributed by atoms with Gasteiger partial charge in [0.15, 0.2) is 0 Å². The van der Waals surface area contributed by atoms with E-state index in [9.17, 15) is 0 Å². The summed E-state index contributed by atoms with van der Waals surface area (Å²) in [5, 5.41) is 0.706. The fraction of sp³-hybridized carbons (Fsp3) is 0.778. The summed E-state index contributed by atoms with van der Waals surface area (Å²) in [6, 6.07) is 0. The third kappa shape index (κ3) is 1.66. The van der Waals surface area contributed by atoms with E-state index in [4.69, 9.17) is 9.68 Å². The third-order valence-electron chi connectivity index (χ3n) is 3.29. The van der Waals surface area contributed by atoms with Crippen molar-refractivity contribution in [1.29, 1.82) is 0 Å². The SMILES string of the molecule is C1N=C2NOC(CC3ONC4=NCSC43)C2S1. The molecular formula is C9H12N4O2S2. The lowest BCUT2D eigenvalue weighted by molar-refractivity contribution is -0.0179. The molecule has 0 aromatic carbocycles. The molecule has 2 fully saturated rings. The normalized spacial score (nSPS) is 42.6. The Morgan fingerprint density at radius 3 is 2.06 bits per heavy atom. The number of thioether (sulfide) groups is 2. The predicted molar refractivity (Wildman–Crippen MR) is 68.0 cm³/mol. The van der Waals surface area contributed by atoms with Crippen LogP contribution in [0.2, 0.25) is 0 Å². The van der Waals surface area contributed by atoms with Gasteiger partial charge < -0.3 is 0 Å². The average Bonchev–Trinajstić information content (AvgIpc) is 3.03. The zero-order valence-electron chi connectivity index (χ0n) is 8.96. The first kappa shape index (κ1) is 10.5. The Morgan fingerprint density at radius 2 is 1.53 bits per heavy atom. The summed E-state index contributed by atoms with van der Waals surface area (Å²) in [6.07, 6.45) is 1.16. The lowest BCUT2D eigenvalue weighted by Gasteiger charge is -2.18. The van der Waals surface area contributed by atoms with E-state index >= 15 is 0 Å². The van der Waals surface area contributed by atoms with Crippen LogP contribution in [0.4, 0.5) is 0 Å². The van der Waals surface area contributed by atoms with Gasteiger partial charge in [-0.25, -0.2) is 0 Å². The zero-order chi connectivity index (χ0) is 11.2. The van der Waals surface area contributed by atoms with E-state index in [-0.39, 0.29) is 12.2 Å². The summed E-state index contributed by atoms with van der Waals surface area (Å²) in [7, 11) is 0. The predicted octanol–water partition coefficient (Wildman–Crippen LogP) is 0.126. The van der Waals surface area contributed by atoms with Gasteiger partial charge in [0.1, 0.15) is 23.9 Å². The van der Waals surface area contributed by atoms with Crippen LogP contribution in [0.25, 0.3) is 0 Å². The van der Waals surface area contributed by atoms with Gasteiger partial charge in [0.2, 0.25) is 0 Å². The van der Waals surface area contributed by atoms with Gasteiger partial charge in [0.25, 0.3) is 0 Å². The van der Waals surface area contributed by atoms with Crippen molar-refractivity contribution in [3.05, 3.63) is 0 Å². The standard InChI is InChI=1S/C9H12N4O2S2/c1(4-6-8(12-14-4)10-2-16-6)5-7-9(13-15-5)11-3-17-7/h4-7H,1-3H2,(H,10,12)(H,11,13). The molecule has 0 aromatic heterocycles. The quantitative estimate of drug-likeness (QED) is 0.744. The van der Waals surface area contributed by atoms with Crippen molar-refractivity contribution >= 4 is 35.2 Å². The smallest absolute Gasteiger partial charge is 0.137 e. The van der Waals surface area contributed by atoms with Crippen LogP contribution < -0.4 is 11.0 Å². The molecule has 4 heterocycles. The van der Waals surface area contributed by atoms with Crippen LogP contribution in [0.5, 0.6) is 0 Å². The van der Waals surface area contributed by atoms with E-state index in [1.165, 1.54) is 0 Å². The van der Waals surface area contributed by atoms with Crippen LogP contribution in [0.1, 0.15) is 6.42 Å². The summed E-state index contributed by atoms with van der Waals surface area (Å²) < 4.78 is 0. The van der Waals surface area contributed by atoms with Gasteiger partial charge in [-0.2, -0.15) is 0 Å². The van der Waals surface area contributed by atoms with Gasteiger partial charge in [-0.05, 0) is 0 Å². The highest BCUT2D eigenvalue weighted by Gasteiger charge is 2.44. The molecule has 92 valence electrons. The molecule has 0 amide bonds. The molecule has 4 aliphatic rings. The highest BCUT2D eigenvalue weighted by atomic mass is 32.2. The Labute approximate surface area is 107 Å². The number of hydroxylamine groups is 2. The number of nitrogens with one attached hydrogen (secondary N) is 2. The number of fused-ring (bicyclic) bond motifs is 2. The Hall–Kier alpha value is -0.440. The molecule has 0 spiro atoms. The molecular weight excluding hydrogens is 260 g/mol. The lowest BCUT2D eigenvalue weighted by Crippen LogP contribution is -2.31. The number of hydrogen-bond acceptors (Lipinski definition) is 8. The molecule has 4 unspecified atom stereocenters. The van der Waals surface area contributed by atoms with E-state index < -0.39 is 0 Å². The molecule has 4 rings (SSSR count). The minimum Gasteiger partial charge on any atom is -0.270 e. The highest BCUT2D eigenvalue weighted by Crippen LogP contribution is 2.35. The van der Waals surface area contributed by atoms with Crippen molar-refractivity contribution in [2.24, 2.45) is 9.98 Å². The number of rotatable bonds is 2. The summed E-state index contributed by atoms with van der Waals surface area (Å²) in [4.78, 5) is 19.8. The van der Waals surface area contributed by atoms with Gasteiger partial charge in [0, 0.05) is 6.42 Å². The average molecular weight is 272 g/mol. The summed E-state index contributed by atoms with van der Waals surface area (Å²) >= 11 is 3.65. The van der Waals surface area contributed by atoms with Crippen LogP contribution >= 0.6 is 23.5 Å². The highest BCUT2D eigenvalue weighted by molar-refractivity contribution is 8.01. The first-order valence-corrected chi connectivity index (χ1v) is 7.67. The van der Waals surface area contributed by atoms with Crippen LogP contribution in [-0.2, 0) is 9.68 Å². The maximum atomic E-state index is 5.57. The fourth-order valence-electron chi connectivity index (χ4n) is 2.43. The van der Waals surface area contributed by atoms with Crippen LogP contribution in [-0.4, -0.2) is 46.1 Å². The molecule has 8 heteroatoms. The molecule has 0 saturated carbocycles. The van der Waals surface area contributed by atoms with Crippen molar-refractivity contribution in [3.63, 3.8) is 0 Å². The summed E-state index contributed by atoms with van der Waals surface area (Å²) in [5.41, 5.74) is 5.84. The summed E-state index contributed by atoms with van der Waals surface area (Å²) in [6.45, 7) is 0. The fourth-order valence-corrected chi connectivity index (χ4v) is 4.50. The van der Waals surface area contributed by atoms with Crippen molar-refractivity contribution < 1.29 is 9.68 Å². The number of aliphatic imine (C=N–C) groups is 2. The van der Waals surface area contributed by atoms with Crippen LogP contribution in [0.15, 0.2) is 9.98 Å². The number of nitrogens with zero attached hydrogens (tertiary/aromatic N) is 2. The molecule has 0 radical (unpaired) electrons. The van der Waals surface area contributed by atoms with Gasteiger partial charge in [-0.15, -0.1) is 23.5 Å². The van der Waals surface area contributed by atoms with Crippen molar-refractivity contribution in [2.45, 2.75) is 29.1 Å². The van der Waals surface area contributed by atoms with Gasteiger partial charge in [0.05, 0.1) is 22.3 Å². The maximum Gasteiger partial charge on any atom is 0.137 e. The minimum absolute atomic E-state index is 0.147. The minimum atomic E-state index is 0.147. The second-order valence-electron chi connectivity index (χ2n) is 4.27. The molecule has 17 heavy (non-hydrogen) atoms. The molecule has 0 aromatic rings. The number of amidine groups is 2. The zero-order valence-corrected chi connectivity index (χ0v) is 10.6. The Morgan fingerprint density at radius 1 is 1.00 bits per heavy atom. The van der Waals surface area contributed by atoms with Crippen LogP contribution in [0.3, 0.4) is 0 Å². The Kier molecular flexibility index (Phi) is 2.49. The Balaban J connectivity index is 1.45. The topological polar surface area (TPSA) is 67.2 Å². The van der Waals surface area contributed by atoms with Gasteiger partial charge in [-0.1, -0.05) is 0 Å². The molecule has 0 aliphatic carbocycles. The Bertz CT molecular complexity index is 366.